The number of ether oxygens (including phenoxy) is 1. The molecule has 1 aliphatic rings. The van der Waals surface area contributed by atoms with Gasteiger partial charge < -0.3 is 15.8 Å². The molecule has 4 nitrogen and oxygen atoms in total. The van der Waals surface area contributed by atoms with Crippen LogP contribution in [-0.4, -0.2) is 25.2 Å². The van der Waals surface area contributed by atoms with Crippen LogP contribution in [0.2, 0.25) is 0 Å². The number of carbonyl (C=O) groups excluding carboxylic acids is 1. The molecule has 1 aliphatic heterocycles. The first kappa shape index (κ1) is 13.6. The van der Waals surface area contributed by atoms with E-state index in [0.717, 1.165) is 17.7 Å². The largest absolute Gasteiger partial charge is 0.378 e. The summed E-state index contributed by atoms with van der Waals surface area (Å²) in [5.41, 5.74) is 6.98. The monoisotopic (exact) mass is 258 g/mol. The molecule has 2 unspecified atom stereocenters. The molecule has 2 rings (SSSR count). The maximum atomic E-state index is 12.0. The molecule has 0 aliphatic carbocycles. The van der Waals surface area contributed by atoms with Crippen molar-refractivity contribution < 1.29 is 9.53 Å². The van der Waals surface area contributed by atoms with E-state index in [1.165, 1.54) is 0 Å². The summed E-state index contributed by atoms with van der Waals surface area (Å²) in [5.74, 6) is 5.69. The van der Waals surface area contributed by atoms with Crippen molar-refractivity contribution in [3.8, 4) is 11.8 Å². The van der Waals surface area contributed by atoms with Crippen LogP contribution in [0.5, 0.6) is 0 Å². The maximum absolute atomic E-state index is 12.0. The fourth-order valence-electron chi connectivity index (χ4n) is 2.10. The number of amides is 1. The molecule has 3 N–H and O–H groups in total. The van der Waals surface area contributed by atoms with E-state index in [-0.39, 0.29) is 17.9 Å². The van der Waals surface area contributed by atoms with Crippen LogP contribution in [0.3, 0.4) is 0 Å². The van der Waals surface area contributed by atoms with Crippen molar-refractivity contribution in [3.05, 3.63) is 29.8 Å². The maximum Gasteiger partial charge on any atom is 0.230 e. The summed E-state index contributed by atoms with van der Waals surface area (Å²) in [5, 5.41) is 2.91. The third kappa shape index (κ3) is 3.57. The Morgan fingerprint density at radius 1 is 1.47 bits per heavy atom. The Hall–Kier alpha value is -1.83. The Kier molecular flexibility index (Phi) is 4.56. The number of anilines is 1. The third-order valence-electron chi connectivity index (χ3n) is 3.20. The van der Waals surface area contributed by atoms with Crippen LogP contribution < -0.4 is 11.1 Å². The van der Waals surface area contributed by atoms with Crippen molar-refractivity contribution in [2.45, 2.75) is 19.4 Å². The molecule has 0 bridgehead atoms. The van der Waals surface area contributed by atoms with Crippen LogP contribution in [0, 0.1) is 17.8 Å². The number of carbonyl (C=O) groups is 1. The average molecular weight is 258 g/mol. The van der Waals surface area contributed by atoms with Crippen molar-refractivity contribution >= 4 is 11.6 Å². The minimum Gasteiger partial charge on any atom is -0.378 e. The molecule has 1 aromatic rings. The molecule has 0 radical (unpaired) electrons. The van der Waals surface area contributed by atoms with Gasteiger partial charge in [-0.05, 0) is 37.6 Å². The summed E-state index contributed by atoms with van der Waals surface area (Å²) < 4.78 is 5.40. The minimum atomic E-state index is -0.0586. The average Bonchev–Trinajstić information content (AvgIpc) is 2.84. The molecule has 2 atom stereocenters. The number of nitrogens with two attached hydrogens (primary N) is 1. The molecule has 19 heavy (non-hydrogen) atoms. The molecule has 1 amide bonds. The zero-order chi connectivity index (χ0) is 13.7. The van der Waals surface area contributed by atoms with E-state index in [0.29, 0.717) is 13.2 Å². The Morgan fingerprint density at radius 3 is 2.79 bits per heavy atom. The summed E-state index contributed by atoms with van der Waals surface area (Å²) in [4.78, 5) is 12.0. The van der Waals surface area contributed by atoms with Gasteiger partial charge in [-0.3, -0.25) is 4.79 Å². The number of benzene rings is 1. The molecule has 0 saturated carbocycles. The van der Waals surface area contributed by atoms with Gasteiger partial charge in [0.2, 0.25) is 5.91 Å². The second-order valence-electron chi connectivity index (χ2n) is 4.54. The molecule has 1 heterocycles. The van der Waals surface area contributed by atoms with E-state index in [1.807, 2.05) is 31.2 Å². The summed E-state index contributed by atoms with van der Waals surface area (Å²) in [6, 6.07) is 7.43. The smallest absolute Gasteiger partial charge is 0.230 e. The van der Waals surface area contributed by atoms with Crippen molar-refractivity contribution in [2.24, 2.45) is 11.7 Å². The summed E-state index contributed by atoms with van der Waals surface area (Å²) in [6.45, 7) is 2.94. The number of hydrogen-bond acceptors (Lipinski definition) is 3. The van der Waals surface area contributed by atoms with E-state index in [4.69, 9.17) is 10.5 Å². The van der Waals surface area contributed by atoms with Crippen molar-refractivity contribution in [1.29, 1.82) is 0 Å². The van der Waals surface area contributed by atoms with Gasteiger partial charge in [0.1, 0.15) is 0 Å². The van der Waals surface area contributed by atoms with Gasteiger partial charge in [-0.15, -0.1) is 0 Å². The second-order valence-corrected chi connectivity index (χ2v) is 4.54. The predicted molar refractivity (Wildman–Crippen MR) is 74.5 cm³/mol. The first-order chi connectivity index (χ1) is 9.20. The Morgan fingerprint density at radius 2 is 2.21 bits per heavy atom. The van der Waals surface area contributed by atoms with Gasteiger partial charge in [0.25, 0.3) is 0 Å². The van der Waals surface area contributed by atoms with Crippen LogP contribution in [0.4, 0.5) is 5.69 Å². The molecule has 100 valence electrons. The van der Waals surface area contributed by atoms with Crippen LogP contribution in [0.1, 0.15) is 18.9 Å². The highest BCUT2D eigenvalue weighted by molar-refractivity contribution is 5.93. The molecule has 4 heteroatoms. The van der Waals surface area contributed by atoms with Crippen LogP contribution >= 0.6 is 0 Å². The zero-order valence-corrected chi connectivity index (χ0v) is 11.0. The standard InChI is InChI=1S/C15H18N2O2/c1-11-14(8-10-19-11)15(18)17-13-6-4-12(5-7-13)3-2-9-16/h4-7,11,14H,8-10,16H2,1H3,(H,17,18). The lowest BCUT2D eigenvalue weighted by molar-refractivity contribution is -0.121. The van der Waals surface area contributed by atoms with Gasteiger partial charge in [0.05, 0.1) is 18.6 Å². The predicted octanol–water partition coefficient (Wildman–Crippen LogP) is 1.36. The Labute approximate surface area is 113 Å². The molecule has 0 aromatic heterocycles. The van der Waals surface area contributed by atoms with Gasteiger partial charge in [-0.25, -0.2) is 0 Å². The van der Waals surface area contributed by atoms with Gasteiger partial charge in [-0.2, -0.15) is 0 Å². The molecular weight excluding hydrogens is 240 g/mol. The molecule has 0 spiro atoms. The highest BCUT2D eigenvalue weighted by atomic mass is 16.5. The first-order valence-electron chi connectivity index (χ1n) is 6.42. The van der Waals surface area contributed by atoms with Crippen LogP contribution in [-0.2, 0) is 9.53 Å². The fourth-order valence-corrected chi connectivity index (χ4v) is 2.10. The highest BCUT2D eigenvalue weighted by Crippen LogP contribution is 2.22. The lowest BCUT2D eigenvalue weighted by atomic mass is 10.0. The van der Waals surface area contributed by atoms with E-state index in [1.54, 1.807) is 0 Å². The summed E-state index contributed by atoms with van der Waals surface area (Å²) in [6.07, 6.45) is 0.780. The lowest BCUT2D eigenvalue weighted by Gasteiger charge is -2.14. The number of rotatable bonds is 2. The SMILES string of the molecule is CC1OCCC1C(=O)Nc1ccc(C#CCN)cc1. The van der Waals surface area contributed by atoms with E-state index in [9.17, 15) is 4.79 Å². The van der Waals surface area contributed by atoms with Crippen LogP contribution in [0.25, 0.3) is 0 Å². The minimum absolute atomic E-state index is 0.00491. The molecule has 1 saturated heterocycles. The Balaban J connectivity index is 1.97. The topological polar surface area (TPSA) is 64.3 Å². The van der Waals surface area contributed by atoms with E-state index in [2.05, 4.69) is 17.2 Å². The number of hydrogen-bond donors (Lipinski definition) is 2. The van der Waals surface area contributed by atoms with Crippen molar-refractivity contribution in [3.63, 3.8) is 0 Å². The highest BCUT2D eigenvalue weighted by Gasteiger charge is 2.30. The Bertz CT molecular complexity index is 499. The third-order valence-corrected chi connectivity index (χ3v) is 3.20. The summed E-state index contributed by atoms with van der Waals surface area (Å²) >= 11 is 0. The van der Waals surface area contributed by atoms with Gasteiger partial charge in [0.15, 0.2) is 0 Å². The first-order valence-corrected chi connectivity index (χ1v) is 6.42. The van der Waals surface area contributed by atoms with Gasteiger partial charge >= 0.3 is 0 Å². The molecular formula is C15H18N2O2. The van der Waals surface area contributed by atoms with Gasteiger partial charge in [-0.1, -0.05) is 11.8 Å². The van der Waals surface area contributed by atoms with Crippen LogP contribution in [0.15, 0.2) is 24.3 Å². The normalized spacial score (nSPS) is 21.6. The van der Waals surface area contributed by atoms with E-state index < -0.39 is 0 Å². The molecule has 1 fully saturated rings. The number of nitrogens with one attached hydrogen (secondary N) is 1. The second kappa shape index (κ2) is 6.37. The fraction of sp³-hybridized carbons (Fsp3) is 0.400. The van der Waals surface area contributed by atoms with Crippen molar-refractivity contribution in [1.82, 2.24) is 0 Å². The van der Waals surface area contributed by atoms with Crippen molar-refractivity contribution in [2.75, 3.05) is 18.5 Å². The van der Waals surface area contributed by atoms with E-state index >= 15 is 0 Å². The quantitative estimate of drug-likeness (QED) is 0.787. The van der Waals surface area contributed by atoms with Gasteiger partial charge in [0, 0.05) is 17.9 Å². The zero-order valence-electron chi connectivity index (χ0n) is 11.0. The summed E-state index contributed by atoms with van der Waals surface area (Å²) in [7, 11) is 0. The molecule has 1 aromatic carbocycles. The lowest BCUT2D eigenvalue weighted by Crippen LogP contribution is -2.27.